The fourth-order valence-electron chi connectivity index (χ4n) is 3.29. The lowest BCUT2D eigenvalue weighted by Gasteiger charge is -2.08. The molecule has 5 heteroatoms. The third-order valence-corrected chi connectivity index (χ3v) is 5.17. The molecular formula is C30H24N2O3. The van der Waals surface area contributed by atoms with Crippen LogP contribution in [0.2, 0.25) is 0 Å². The minimum absolute atomic E-state index is 0.00681. The highest BCUT2D eigenvalue weighted by Gasteiger charge is 2.10. The third kappa shape index (κ3) is 7.08. The fourth-order valence-corrected chi connectivity index (χ4v) is 3.29. The van der Waals surface area contributed by atoms with Crippen molar-refractivity contribution >= 4 is 17.7 Å². The summed E-state index contributed by atoms with van der Waals surface area (Å²) in [6.45, 7) is 0.932. The quantitative estimate of drug-likeness (QED) is 0.232. The summed E-state index contributed by atoms with van der Waals surface area (Å²) in [5, 5.41) is 12.3. The minimum Gasteiger partial charge on any atom is -0.489 e. The van der Waals surface area contributed by atoms with E-state index in [1.807, 2.05) is 91.0 Å². The van der Waals surface area contributed by atoms with Crippen molar-refractivity contribution in [1.82, 2.24) is 0 Å². The second-order valence-corrected chi connectivity index (χ2v) is 7.77. The van der Waals surface area contributed by atoms with Crippen LogP contribution in [0.3, 0.4) is 0 Å². The molecule has 172 valence electrons. The number of benzene rings is 4. The SMILES string of the molecule is N#C/C(=C\c1ccc(OCc2ccccc2)cc1)C(=O)Nc1ccc(OCc2ccccc2)cc1. The maximum Gasteiger partial charge on any atom is 0.266 e. The van der Waals surface area contributed by atoms with Crippen LogP contribution >= 0.6 is 0 Å². The van der Waals surface area contributed by atoms with Gasteiger partial charge in [-0.05, 0) is 59.2 Å². The molecule has 0 aliphatic carbocycles. The molecule has 0 aliphatic heterocycles. The first-order valence-electron chi connectivity index (χ1n) is 11.2. The average Bonchev–Trinajstić information content (AvgIpc) is 2.92. The first-order chi connectivity index (χ1) is 17.2. The van der Waals surface area contributed by atoms with E-state index in [0.717, 1.165) is 16.7 Å². The fraction of sp³-hybridized carbons (Fsp3) is 0.0667. The van der Waals surface area contributed by atoms with Crippen LogP contribution in [0.25, 0.3) is 6.08 Å². The van der Waals surface area contributed by atoms with Gasteiger partial charge >= 0.3 is 0 Å². The lowest BCUT2D eigenvalue weighted by Crippen LogP contribution is -2.13. The van der Waals surface area contributed by atoms with E-state index in [9.17, 15) is 10.1 Å². The Labute approximate surface area is 204 Å². The molecule has 0 unspecified atom stereocenters. The Kier molecular flexibility index (Phi) is 7.92. The number of hydrogen-bond acceptors (Lipinski definition) is 4. The molecule has 4 aromatic rings. The molecule has 4 rings (SSSR count). The molecule has 1 N–H and O–H groups in total. The van der Waals surface area contributed by atoms with Crippen molar-refractivity contribution in [2.75, 3.05) is 5.32 Å². The second-order valence-electron chi connectivity index (χ2n) is 7.77. The van der Waals surface area contributed by atoms with Crippen molar-refractivity contribution in [3.05, 3.63) is 131 Å². The molecule has 0 saturated carbocycles. The van der Waals surface area contributed by atoms with Crippen molar-refractivity contribution in [2.45, 2.75) is 13.2 Å². The molecule has 0 aliphatic rings. The standard InChI is InChI=1S/C30H24N2O3/c31-20-26(19-23-11-15-28(16-12-23)34-21-24-7-3-1-4-8-24)30(33)32-27-13-17-29(18-14-27)35-22-25-9-5-2-6-10-25/h1-19H,21-22H2,(H,32,33)/b26-19+. The number of nitrogens with zero attached hydrogens (tertiary/aromatic N) is 1. The van der Waals surface area contributed by atoms with Gasteiger partial charge in [0.25, 0.3) is 5.91 Å². The maximum atomic E-state index is 12.6. The van der Waals surface area contributed by atoms with Crippen LogP contribution in [0.4, 0.5) is 5.69 Å². The zero-order valence-electron chi connectivity index (χ0n) is 19.1. The number of carbonyl (C=O) groups excluding carboxylic acids is 1. The topological polar surface area (TPSA) is 71.3 Å². The van der Waals surface area contributed by atoms with Crippen LogP contribution in [-0.4, -0.2) is 5.91 Å². The molecule has 0 radical (unpaired) electrons. The van der Waals surface area contributed by atoms with E-state index < -0.39 is 5.91 Å². The van der Waals surface area contributed by atoms with Gasteiger partial charge in [-0.3, -0.25) is 4.79 Å². The van der Waals surface area contributed by atoms with Gasteiger partial charge < -0.3 is 14.8 Å². The molecule has 0 spiro atoms. The van der Waals surface area contributed by atoms with Gasteiger partial charge in [-0.15, -0.1) is 0 Å². The van der Waals surface area contributed by atoms with Crippen LogP contribution in [0.5, 0.6) is 11.5 Å². The normalized spacial score (nSPS) is 10.8. The second kappa shape index (κ2) is 11.9. The third-order valence-electron chi connectivity index (χ3n) is 5.17. The summed E-state index contributed by atoms with van der Waals surface area (Å²) in [6.07, 6.45) is 1.55. The van der Waals surface area contributed by atoms with Gasteiger partial charge in [0.2, 0.25) is 0 Å². The van der Waals surface area contributed by atoms with E-state index in [-0.39, 0.29) is 5.57 Å². The van der Waals surface area contributed by atoms with Gasteiger partial charge in [0.05, 0.1) is 0 Å². The van der Waals surface area contributed by atoms with Gasteiger partial charge in [-0.1, -0.05) is 72.8 Å². The summed E-state index contributed by atoms with van der Waals surface area (Å²) in [7, 11) is 0. The number of hydrogen-bond donors (Lipinski definition) is 1. The Hall–Kier alpha value is -4.82. The molecule has 0 heterocycles. The van der Waals surface area contributed by atoms with Crippen molar-refractivity contribution in [1.29, 1.82) is 5.26 Å². The molecule has 0 atom stereocenters. The van der Waals surface area contributed by atoms with Gasteiger partial charge in [-0.25, -0.2) is 0 Å². The predicted molar refractivity (Wildman–Crippen MR) is 137 cm³/mol. The number of ether oxygens (including phenoxy) is 2. The number of amides is 1. The van der Waals surface area contributed by atoms with Crippen molar-refractivity contribution in [3.8, 4) is 17.6 Å². The first kappa shape index (κ1) is 23.3. The smallest absolute Gasteiger partial charge is 0.266 e. The van der Waals surface area contributed by atoms with E-state index in [1.165, 1.54) is 0 Å². The highest BCUT2D eigenvalue weighted by Crippen LogP contribution is 2.19. The Bertz CT molecular complexity index is 1310. The molecule has 0 saturated heterocycles. The van der Waals surface area contributed by atoms with Crippen LogP contribution in [-0.2, 0) is 18.0 Å². The van der Waals surface area contributed by atoms with Crippen LogP contribution in [0, 0.1) is 11.3 Å². The summed E-state index contributed by atoms with van der Waals surface area (Å²) in [4.78, 5) is 12.6. The van der Waals surface area contributed by atoms with Crippen molar-refractivity contribution < 1.29 is 14.3 Å². The minimum atomic E-state index is -0.477. The summed E-state index contributed by atoms with van der Waals surface area (Å²) >= 11 is 0. The Morgan fingerprint density at radius 2 is 1.20 bits per heavy atom. The number of nitriles is 1. The molecular weight excluding hydrogens is 436 g/mol. The van der Waals surface area contributed by atoms with E-state index in [0.29, 0.717) is 30.4 Å². The van der Waals surface area contributed by atoms with Crippen LogP contribution < -0.4 is 14.8 Å². The lowest BCUT2D eigenvalue weighted by atomic mass is 10.1. The van der Waals surface area contributed by atoms with Gasteiger partial charge in [0, 0.05) is 5.69 Å². The predicted octanol–water partition coefficient (Wildman–Crippen LogP) is 6.39. The van der Waals surface area contributed by atoms with Gasteiger partial charge in [0.15, 0.2) is 0 Å². The zero-order valence-corrected chi connectivity index (χ0v) is 19.1. The highest BCUT2D eigenvalue weighted by atomic mass is 16.5. The average molecular weight is 461 g/mol. The lowest BCUT2D eigenvalue weighted by molar-refractivity contribution is -0.112. The highest BCUT2D eigenvalue weighted by molar-refractivity contribution is 6.09. The Morgan fingerprint density at radius 3 is 1.69 bits per heavy atom. The summed E-state index contributed by atoms with van der Waals surface area (Å²) in [5.41, 5.74) is 3.47. The zero-order chi connectivity index (χ0) is 24.3. The number of rotatable bonds is 9. The number of carbonyl (C=O) groups is 1. The van der Waals surface area contributed by atoms with E-state index >= 15 is 0 Å². The largest absolute Gasteiger partial charge is 0.489 e. The molecule has 0 bridgehead atoms. The molecule has 4 aromatic carbocycles. The molecule has 0 fully saturated rings. The van der Waals surface area contributed by atoms with Crippen LogP contribution in [0.1, 0.15) is 16.7 Å². The van der Waals surface area contributed by atoms with Gasteiger partial charge in [-0.2, -0.15) is 5.26 Å². The molecule has 1 amide bonds. The Balaban J connectivity index is 1.32. The molecule has 0 aromatic heterocycles. The van der Waals surface area contributed by atoms with Crippen molar-refractivity contribution in [3.63, 3.8) is 0 Å². The molecule has 35 heavy (non-hydrogen) atoms. The molecule has 5 nitrogen and oxygen atoms in total. The summed E-state index contributed by atoms with van der Waals surface area (Å²) in [5.74, 6) is 0.927. The van der Waals surface area contributed by atoms with Crippen LogP contribution in [0.15, 0.2) is 115 Å². The first-order valence-corrected chi connectivity index (χ1v) is 11.2. The Morgan fingerprint density at radius 1 is 0.714 bits per heavy atom. The summed E-state index contributed by atoms with van der Waals surface area (Å²) in [6, 6.07) is 36.0. The van der Waals surface area contributed by atoms with E-state index in [4.69, 9.17) is 9.47 Å². The van der Waals surface area contributed by atoms with Gasteiger partial charge in [0.1, 0.15) is 36.4 Å². The number of anilines is 1. The number of nitrogens with one attached hydrogen (secondary N) is 1. The van der Waals surface area contributed by atoms with E-state index in [2.05, 4.69) is 5.32 Å². The summed E-state index contributed by atoms with van der Waals surface area (Å²) < 4.78 is 11.5. The van der Waals surface area contributed by atoms with Crippen molar-refractivity contribution in [2.24, 2.45) is 0 Å². The van der Waals surface area contributed by atoms with E-state index in [1.54, 1.807) is 30.3 Å². The maximum absolute atomic E-state index is 12.6. The monoisotopic (exact) mass is 460 g/mol.